The van der Waals surface area contributed by atoms with Crippen molar-refractivity contribution in [3.63, 3.8) is 0 Å². The Bertz CT molecular complexity index is 1010. The summed E-state index contributed by atoms with van der Waals surface area (Å²) in [5.41, 5.74) is 0.635. The van der Waals surface area contributed by atoms with Crippen molar-refractivity contribution in [3.8, 4) is 0 Å². The van der Waals surface area contributed by atoms with Crippen molar-refractivity contribution in [2.24, 2.45) is 0 Å². The molecule has 3 rings (SSSR count). The van der Waals surface area contributed by atoms with E-state index in [0.717, 1.165) is 0 Å². The van der Waals surface area contributed by atoms with E-state index < -0.39 is 16.7 Å². The average molecular weight is 460 g/mol. The predicted octanol–water partition coefficient (Wildman–Crippen LogP) is 1.76. The zero-order valence-electron chi connectivity index (χ0n) is 17.1. The normalized spacial score (nSPS) is 14.0. The summed E-state index contributed by atoms with van der Waals surface area (Å²) in [4.78, 5) is 50.6. The standard InChI is InChI=1S/C21H22ClN5O5/c22-16-4-6-17(7-5-16)24-20(29)19(28)23-8-9-25-10-12-26(13-11-25)21(30)15-2-1-3-18(14-15)27(31)32/h1-7,14H,8-13H2,(H,23,28)(H,24,29). The highest BCUT2D eigenvalue weighted by Gasteiger charge is 2.23. The summed E-state index contributed by atoms with van der Waals surface area (Å²) < 4.78 is 0. The smallest absolute Gasteiger partial charge is 0.313 e. The molecule has 2 N–H and O–H groups in total. The second-order valence-corrected chi connectivity index (χ2v) is 7.59. The minimum absolute atomic E-state index is 0.120. The first-order chi connectivity index (χ1) is 15.3. The van der Waals surface area contributed by atoms with Gasteiger partial charge in [-0.2, -0.15) is 0 Å². The van der Waals surface area contributed by atoms with Crippen LogP contribution in [0.2, 0.25) is 5.02 Å². The van der Waals surface area contributed by atoms with Crippen molar-refractivity contribution in [3.05, 3.63) is 69.2 Å². The number of carbonyl (C=O) groups is 3. The number of anilines is 1. The van der Waals surface area contributed by atoms with Crippen molar-refractivity contribution in [2.45, 2.75) is 0 Å². The molecule has 0 spiro atoms. The van der Waals surface area contributed by atoms with Gasteiger partial charge in [-0.25, -0.2) is 0 Å². The Morgan fingerprint density at radius 3 is 2.34 bits per heavy atom. The number of nitro groups is 1. The number of non-ortho nitro benzene ring substituents is 1. The molecule has 32 heavy (non-hydrogen) atoms. The molecule has 10 nitrogen and oxygen atoms in total. The third-order valence-electron chi connectivity index (χ3n) is 4.99. The van der Waals surface area contributed by atoms with Crippen LogP contribution in [-0.4, -0.2) is 71.7 Å². The topological polar surface area (TPSA) is 125 Å². The molecule has 1 heterocycles. The highest BCUT2D eigenvalue weighted by atomic mass is 35.5. The fraction of sp³-hybridized carbons (Fsp3) is 0.286. The summed E-state index contributed by atoms with van der Waals surface area (Å²) >= 11 is 5.79. The summed E-state index contributed by atoms with van der Waals surface area (Å²) in [5.74, 6) is -1.75. The third kappa shape index (κ3) is 6.25. The molecule has 11 heteroatoms. The van der Waals surface area contributed by atoms with Gasteiger partial charge in [-0.1, -0.05) is 17.7 Å². The fourth-order valence-electron chi connectivity index (χ4n) is 3.24. The van der Waals surface area contributed by atoms with Gasteiger partial charge in [-0.3, -0.25) is 29.4 Å². The predicted molar refractivity (Wildman–Crippen MR) is 119 cm³/mol. The van der Waals surface area contributed by atoms with E-state index in [4.69, 9.17) is 11.6 Å². The average Bonchev–Trinajstić information content (AvgIpc) is 2.80. The minimum Gasteiger partial charge on any atom is -0.347 e. The number of carbonyl (C=O) groups excluding carboxylic acids is 3. The Labute approximate surface area is 189 Å². The molecular formula is C21H22ClN5O5. The Morgan fingerprint density at radius 2 is 1.69 bits per heavy atom. The monoisotopic (exact) mass is 459 g/mol. The first kappa shape index (κ1) is 23.2. The van der Waals surface area contributed by atoms with E-state index in [9.17, 15) is 24.5 Å². The largest absolute Gasteiger partial charge is 0.347 e. The van der Waals surface area contributed by atoms with Crippen LogP contribution in [0, 0.1) is 10.1 Å². The highest BCUT2D eigenvalue weighted by molar-refractivity contribution is 6.39. The van der Waals surface area contributed by atoms with Crippen molar-refractivity contribution in [1.82, 2.24) is 15.1 Å². The lowest BCUT2D eigenvalue weighted by molar-refractivity contribution is -0.384. The molecule has 0 atom stereocenters. The van der Waals surface area contributed by atoms with Crippen LogP contribution >= 0.6 is 11.6 Å². The first-order valence-electron chi connectivity index (χ1n) is 9.94. The quantitative estimate of drug-likeness (QED) is 0.385. The molecule has 1 aliphatic rings. The molecule has 3 amide bonds. The van der Waals surface area contributed by atoms with Gasteiger partial charge >= 0.3 is 11.8 Å². The molecule has 1 saturated heterocycles. The van der Waals surface area contributed by atoms with Gasteiger partial charge in [-0.15, -0.1) is 0 Å². The Balaban J connectivity index is 1.39. The van der Waals surface area contributed by atoms with E-state index in [-0.39, 0.29) is 23.7 Å². The van der Waals surface area contributed by atoms with E-state index in [1.807, 2.05) is 0 Å². The fourth-order valence-corrected chi connectivity index (χ4v) is 3.36. The van der Waals surface area contributed by atoms with E-state index in [2.05, 4.69) is 15.5 Å². The maximum absolute atomic E-state index is 12.6. The number of benzene rings is 2. The van der Waals surface area contributed by atoms with E-state index in [0.29, 0.717) is 43.4 Å². The lowest BCUT2D eigenvalue weighted by Gasteiger charge is -2.34. The molecule has 0 aliphatic carbocycles. The van der Waals surface area contributed by atoms with E-state index in [1.165, 1.54) is 18.2 Å². The van der Waals surface area contributed by atoms with Crippen LogP contribution in [0.4, 0.5) is 11.4 Å². The zero-order valence-corrected chi connectivity index (χ0v) is 17.9. The number of piperazine rings is 1. The third-order valence-corrected chi connectivity index (χ3v) is 5.24. The van der Waals surface area contributed by atoms with Gasteiger partial charge in [0.05, 0.1) is 4.92 Å². The van der Waals surface area contributed by atoms with Gasteiger partial charge in [0.25, 0.3) is 11.6 Å². The maximum atomic E-state index is 12.6. The van der Waals surface area contributed by atoms with Crippen LogP contribution in [-0.2, 0) is 9.59 Å². The van der Waals surface area contributed by atoms with Gasteiger partial charge in [0.2, 0.25) is 0 Å². The summed E-state index contributed by atoms with van der Waals surface area (Å²) in [6.07, 6.45) is 0. The summed E-state index contributed by atoms with van der Waals surface area (Å²) in [6.45, 7) is 2.92. The zero-order chi connectivity index (χ0) is 23.1. The molecule has 0 unspecified atom stereocenters. The number of halogens is 1. The molecular weight excluding hydrogens is 438 g/mol. The second-order valence-electron chi connectivity index (χ2n) is 7.16. The number of nitrogens with zero attached hydrogens (tertiary/aromatic N) is 3. The van der Waals surface area contributed by atoms with Gasteiger partial charge in [0, 0.05) is 67.7 Å². The van der Waals surface area contributed by atoms with Gasteiger partial charge in [-0.05, 0) is 30.3 Å². The number of rotatable bonds is 6. The van der Waals surface area contributed by atoms with Crippen molar-refractivity contribution in [1.29, 1.82) is 0 Å². The molecule has 0 bridgehead atoms. The molecule has 0 saturated carbocycles. The lowest BCUT2D eigenvalue weighted by Crippen LogP contribution is -2.50. The second kappa shape index (κ2) is 10.7. The van der Waals surface area contributed by atoms with Crippen molar-refractivity contribution in [2.75, 3.05) is 44.6 Å². The van der Waals surface area contributed by atoms with Crippen LogP contribution < -0.4 is 10.6 Å². The number of amides is 3. The summed E-state index contributed by atoms with van der Waals surface area (Å²) in [7, 11) is 0. The first-order valence-corrected chi connectivity index (χ1v) is 10.3. The van der Waals surface area contributed by atoms with Crippen LogP contribution in [0.5, 0.6) is 0 Å². The number of hydrogen-bond donors (Lipinski definition) is 2. The Hall–Kier alpha value is -3.50. The van der Waals surface area contributed by atoms with Crippen LogP contribution in [0.25, 0.3) is 0 Å². The maximum Gasteiger partial charge on any atom is 0.313 e. The molecule has 2 aromatic carbocycles. The molecule has 168 valence electrons. The van der Waals surface area contributed by atoms with Crippen LogP contribution in [0.1, 0.15) is 10.4 Å². The SMILES string of the molecule is O=C(NCCN1CCN(C(=O)c2cccc([N+](=O)[O-])c2)CC1)C(=O)Nc1ccc(Cl)cc1. The highest BCUT2D eigenvalue weighted by Crippen LogP contribution is 2.16. The molecule has 1 fully saturated rings. The van der Waals surface area contributed by atoms with Crippen molar-refractivity contribution >= 4 is 40.7 Å². The van der Waals surface area contributed by atoms with E-state index in [1.54, 1.807) is 35.2 Å². The number of nitro benzene ring substituents is 1. The summed E-state index contributed by atoms with van der Waals surface area (Å²) in [5, 5.41) is 16.5. The summed E-state index contributed by atoms with van der Waals surface area (Å²) in [6, 6.07) is 12.1. The van der Waals surface area contributed by atoms with E-state index >= 15 is 0 Å². The molecule has 0 radical (unpaired) electrons. The Kier molecular flexibility index (Phi) is 7.74. The molecule has 0 aromatic heterocycles. The van der Waals surface area contributed by atoms with Crippen molar-refractivity contribution < 1.29 is 19.3 Å². The minimum atomic E-state index is -0.764. The number of hydrogen-bond acceptors (Lipinski definition) is 6. The molecule has 1 aliphatic heterocycles. The Morgan fingerprint density at radius 1 is 1.00 bits per heavy atom. The van der Waals surface area contributed by atoms with Crippen LogP contribution in [0.3, 0.4) is 0 Å². The van der Waals surface area contributed by atoms with Gasteiger partial charge in [0.15, 0.2) is 0 Å². The molecule has 2 aromatic rings. The van der Waals surface area contributed by atoms with Gasteiger partial charge < -0.3 is 15.5 Å². The van der Waals surface area contributed by atoms with Crippen LogP contribution in [0.15, 0.2) is 48.5 Å². The lowest BCUT2D eigenvalue weighted by atomic mass is 10.1. The van der Waals surface area contributed by atoms with Gasteiger partial charge in [0.1, 0.15) is 0 Å². The number of nitrogens with one attached hydrogen (secondary N) is 2.